The lowest BCUT2D eigenvalue weighted by molar-refractivity contribution is 0.107. The number of anilines is 1. The van der Waals surface area contributed by atoms with E-state index in [4.69, 9.17) is 14.7 Å². The Labute approximate surface area is 256 Å². The molecule has 1 aromatic heterocycles. The maximum atomic E-state index is 16.9. The van der Waals surface area contributed by atoms with Gasteiger partial charge in [-0.25, -0.2) is 8.78 Å². The third-order valence-corrected chi connectivity index (χ3v) is 10.5. The highest BCUT2D eigenvalue weighted by molar-refractivity contribution is 6.03. The average Bonchev–Trinajstić information content (AvgIpc) is 3.66. The van der Waals surface area contributed by atoms with Crippen LogP contribution in [0.5, 0.6) is 11.8 Å². The molecule has 0 amide bonds. The molecule has 2 unspecified atom stereocenters. The van der Waals surface area contributed by atoms with E-state index in [1.54, 1.807) is 18.2 Å². The zero-order valence-electron chi connectivity index (χ0n) is 25.2. The minimum atomic E-state index is -0.864. The van der Waals surface area contributed by atoms with E-state index < -0.39 is 12.0 Å². The maximum Gasteiger partial charge on any atom is 0.319 e. The van der Waals surface area contributed by atoms with Crippen LogP contribution in [0.25, 0.3) is 32.8 Å². The van der Waals surface area contributed by atoms with Gasteiger partial charge in [-0.15, -0.1) is 0 Å². The Kier molecular flexibility index (Phi) is 6.86. The van der Waals surface area contributed by atoms with E-state index in [9.17, 15) is 9.50 Å². The molecule has 4 aromatic rings. The molecule has 4 atom stereocenters. The van der Waals surface area contributed by atoms with Gasteiger partial charge in [-0.1, -0.05) is 31.2 Å². The molecule has 2 N–H and O–H groups in total. The fourth-order valence-corrected chi connectivity index (χ4v) is 8.42. The molecule has 230 valence electrons. The summed E-state index contributed by atoms with van der Waals surface area (Å²) in [6, 6.07) is 14.0. The van der Waals surface area contributed by atoms with Crippen LogP contribution in [0.1, 0.15) is 51.0 Å². The van der Waals surface area contributed by atoms with Crippen LogP contribution in [0.3, 0.4) is 0 Å². The first-order valence-electron chi connectivity index (χ1n) is 16.2. The van der Waals surface area contributed by atoms with Crippen molar-refractivity contribution in [2.45, 2.75) is 75.7 Å². The number of halogens is 2. The third kappa shape index (κ3) is 4.67. The Balaban J connectivity index is 1.26. The Morgan fingerprint density at radius 3 is 2.82 bits per heavy atom. The van der Waals surface area contributed by atoms with Gasteiger partial charge < -0.3 is 20.1 Å². The van der Waals surface area contributed by atoms with E-state index in [2.05, 4.69) is 22.0 Å². The van der Waals surface area contributed by atoms with Gasteiger partial charge in [0.2, 0.25) is 0 Å². The van der Waals surface area contributed by atoms with Crippen molar-refractivity contribution in [2.24, 2.45) is 0 Å². The van der Waals surface area contributed by atoms with E-state index in [1.807, 2.05) is 24.3 Å². The summed E-state index contributed by atoms with van der Waals surface area (Å²) in [6.45, 7) is 5.25. The molecule has 4 fully saturated rings. The first-order chi connectivity index (χ1) is 21.4. The van der Waals surface area contributed by atoms with Crippen LogP contribution >= 0.6 is 0 Å². The number of nitrogens with zero attached hydrogens (tertiary/aromatic N) is 4. The molecule has 0 radical (unpaired) electrons. The van der Waals surface area contributed by atoms with Gasteiger partial charge in [0, 0.05) is 49.1 Å². The molecule has 7 nitrogen and oxygen atoms in total. The van der Waals surface area contributed by atoms with Gasteiger partial charge in [0.05, 0.1) is 5.54 Å². The molecular formula is C35H39F2N5O2. The van der Waals surface area contributed by atoms with Crippen molar-refractivity contribution < 1.29 is 18.6 Å². The summed E-state index contributed by atoms with van der Waals surface area (Å²) in [6.07, 6.45) is 5.52. The number of hydrogen-bond donors (Lipinski definition) is 2. The van der Waals surface area contributed by atoms with Crippen molar-refractivity contribution in [1.82, 2.24) is 20.2 Å². The van der Waals surface area contributed by atoms with Crippen LogP contribution in [-0.2, 0) is 6.42 Å². The number of fused-ring (bicyclic) bond motifs is 5. The van der Waals surface area contributed by atoms with Crippen molar-refractivity contribution in [3.05, 3.63) is 53.8 Å². The van der Waals surface area contributed by atoms with Crippen LogP contribution in [0.2, 0.25) is 0 Å². The summed E-state index contributed by atoms with van der Waals surface area (Å²) in [5.74, 6) is 0.298. The summed E-state index contributed by atoms with van der Waals surface area (Å²) in [5.41, 5.74) is 1.94. The number of aryl methyl sites for hydroxylation is 1. The highest BCUT2D eigenvalue weighted by atomic mass is 19.1. The Morgan fingerprint density at radius 1 is 1.05 bits per heavy atom. The van der Waals surface area contributed by atoms with Gasteiger partial charge in [0.15, 0.2) is 5.82 Å². The van der Waals surface area contributed by atoms with Crippen molar-refractivity contribution in [3.63, 3.8) is 0 Å². The Morgan fingerprint density at radius 2 is 1.93 bits per heavy atom. The fourth-order valence-electron chi connectivity index (χ4n) is 8.42. The number of alkyl halides is 1. The van der Waals surface area contributed by atoms with Crippen molar-refractivity contribution in [1.29, 1.82) is 0 Å². The van der Waals surface area contributed by atoms with Gasteiger partial charge in [0.25, 0.3) is 0 Å². The van der Waals surface area contributed by atoms with Crippen LogP contribution in [0, 0.1) is 5.82 Å². The van der Waals surface area contributed by atoms with E-state index >= 15 is 4.39 Å². The van der Waals surface area contributed by atoms with E-state index in [0.717, 1.165) is 68.1 Å². The van der Waals surface area contributed by atoms with Gasteiger partial charge >= 0.3 is 6.01 Å². The second kappa shape index (κ2) is 10.8. The monoisotopic (exact) mass is 599 g/mol. The Bertz CT molecular complexity index is 1750. The lowest BCUT2D eigenvalue weighted by atomic mass is 9.92. The third-order valence-electron chi connectivity index (χ3n) is 10.5. The molecule has 8 rings (SSSR count). The summed E-state index contributed by atoms with van der Waals surface area (Å²) in [4.78, 5) is 14.1. The number of hydrogen-bond acceptors (Lipinski definition) is 7. The molecule has 0 spiro atoms. The summed E-state index contributed by atoms with van der Waals surface area (Å²) < 4.78 is 37.7. The van der Waals surface area contributed by atoms with E-state index in [-0.39, 0.29) is 29.4 Å². The van der Waals surface area contributed by atoms with Crippen LogP contribution in [0.15, 0.2) is 42.5 Å². The molecule has 9 heteroatoms. The normalized spacial score (nSPS) is 26.9. The predicted octanol–water partition coefficient (Wildman–Crippen LogP) is 6.14. The van der Waals surface area contributed by atoms with Crippen LogP contribution < -0.4 is 15.0 Å². The van der Waals surface area contributed by atoms with Gasteiger partial charge in [-0.2, -0.15) is 9.97 Å². The molecule has 0 aliphatic carbocycles. The molecule has 4 saturated heterocycles. The molecule has 2 bridgehead atoms. The first-order valence-corrected chi connectivity index (χ1v) is 16.2. The van der Waals surface area contributed by atoms with Gasteiger partial charge in [0.1, 0.15) is 29.9 Å². The molecular weight excluding hydrogens is 560 g/mol. The molecule has 4 aliphatic rings. The first kappa shape index (κ1) is 28.0. The molecule has 44 heavy (non-hydrogen) atoms. The summed E-state index contributed by atoms with van der Waals surface area (Å²) in [5, 5.41) is 16.8. The van der Waals surface area contributed by atoms with E-state index in [1.165, 1.54) is 6.42 Å². The number of phenolic OH excluding ortho intramolecular Hbond substituents is 1. The molecule has 5 heterocycles. The van der Waals surface area contributed by atoms with Crippen LogP contribution in [-0.4, -0.2) is 76.6 Å². The Hall–Kier alpha value is -3.56. The number of benzene rings is 3. The largest absolute Gasteiger partial charge is 0.508 e. The molecule has 0 saturated carbocycles. The second-order valence-electron chi connectivity index (χ2n) is 13.3. The maximum absolute atomic E-state index is 16.9. The highest BCUT2D eigenvalue weighted by Crippen LogP contribution is 2.42. The summed E-state index contributed by atoms with van der Waals surface area (Å²) >= 11 is 0. The average molecular weight is 600 g/mol. The number of aromatic hydroxyl groups is 1. The lowest BCUT2D eigenvalue weighted by Crippen LogP contribution is -2.43. The number of aromatic nitrogens is 2. The van der Waals surface area contributed by atoms with Gasteiger partial charge in [-0.3, -0.25) is 4.90 Å². The minimum Gasteiger partial charge on any atom is -0.508 e. The number of phenols is 1. The number of nitrogens with one attached hydrogen (secondary N) is 1. The SMILES string of the molecule is CCc1cccc2cc(O)cc(-c3ccc4c(N5CCC6CCC(C5)N6)nc(OC[C@@]56CCCN5C[C@H](F)C6)nc4c3F)c12. The highest BCUT2D eigenvalue weighted by Gasteiger charge is 2.49. The minimum absolute atomic E-state index is 0.0860. The number of rotatable bonds is 6. The second-order valence-corrected chi connectivity index (χ2v) is 13.3. The lowest BCUT2D eigenvalue weighted by Gasteiger charge is -2.31. The smallest absolute Gasteiger partial charge is 0.319 e. The zero-order chi connectivity index (χ0) is 30.0. The zero-order valence-corrected chi connectivity index (χ0v) is 25.2. The summed E-state index contributed by atoms with van der Waals surface area (Å²) in [7, 11) is 0. The fraction of sp³-hybridized carbons (Fsp3) is 0.486. The van der Waals surface area contributed by atoms with Gasteiger partial charge in [-0.05, 0) is 85.2 Å². The van der Waals surface area contributed by atoms with E-state index in [0.29, 0.717) is 47.4 Å². The predicted molar refractivity (Wildman–Crippen MR) is 169 cm³/mol. The van der Waals surface area contributed by atoms with Crippen molar-refractivity contribution in [2.75, 3.05) is 37.7 Å². The van der Waals surface area contributed by atoms with Crippen molar-refractivity contribution >= 4 is 27.5 Å². The van der Waals surface area contributed by atoms with Crippen LogP contribution in [0.4, 0.5) is 14.6 Å². The molecule has 3 aromatic carbocycles. The number of ether oxygens (including phenoxy) is 1. The quantitative estimate of drug-likeness (QED) is 0.276. The topological polar surface area (TPSA) is 73.8 Å². The standard InChI is InChI=1S/C35H39F2N5O2/c1-2-21-5-3-6-22-15-26(43)16-29(30(21)22)27-9-10-28-32(31(27)37)39-34(44-20-35-12-4-13-42(35)18-23(36)17-35)40-33(28)41-14-11-24-7-8-25(19-41)38-24/h3,5-6,9-10,15-16,23-25,38,43H,2,4,7-8,11-14,17-20H2,1H3/t23-,24?,25?,35+/m1/s1. The van der Waals surface area contributed by atoms with Crippen molar-refractivity contribution in [3.8, 4) is 22.9 Å². The molecule has 4 aliphatic heterocycles.